The van der Waals surface area contributed by atoms with Crippen molar-refractivity contribution < 1.29 is 14.7 Å². The Bertz CT molecular complexity index is 1050. The van der Waals surface area contributed by atoms with Gasteiger partial charge in [0.2, 0.25) is 0 Å². The Labute approximate surface area is 170 Å². The maximum Gasteiger partial charge on any atom is 0.328 e. The van der Waals surface area contributed by atoms with Crippen LogP contribution in [-0.4, -0.2) is 17.0 Å². The van der Waals surface area contributed by atoms with Crippen LogP contribution in [0, 0.1) is 13.8 Å². The molecule has 2 N–H and O–H groups in total. The minimum absolute atomic E-state index is 0.204. The highest BCUT2D eigenvalue weighted by Gasteiger charge is 2.10. The zero-order valence-corrected chi connectivity index (χ0v) is 16.5. The van der Waals surface area contributed by atoms with E-state index in [1.54, 1.807) is 6.07 Å². The molecule has 1 amide bonds. The second kappa shape index (κ2) is 9.02. The summed E-state index contributed by atoms with van der Waals surface area (Å²) in [5.41, 5.74) is 6.30. The van der Waals surface area contributed by atoms with E-state index in [4.69, 9.17) is 5.11 Å². The van der Waals surface area contributed by atoms with Gasteiger partial charge in [0.1, 0.15) is 0 Å². The van der Waals surface area contributed by atoms with E-state index in [0.717, 1.165) is 28.3 Å². The van der Waals surface area contributed by atoms with E-state index in [0.29, 0.717) is 17.7 Å². The number of carboxylic acid groups (broad SMARTS) is 1. The van der Waals surface area contributed by atoms with Crippen LogP contribution in [0.4, 0.5) is 0 Å². The van der Waals surface area contributed by atoms with Crippen LogP contribution >= 0.6 is 0 Å². The Morgan fingerprint density at radius 1 is 0.862 bits per heavy atom. The topological polar surface area (TPSA) is 66.4 Å². The molecule has 0 heterocycles. The van der Waals surface area contributed by atoms with Gasteiger partial charge in [-0.15, -0.1) is 0 Å². The van der Waals surface area contributed by atoms with Crippen molar-refractivity contribution >= 4 is 18.0 Å². The molecular weight excluding hydrogens is 362 g/mol. The average molecular weight is 385 g/mol. The van der Waals surface area contributed by atoms with Gasteiger partial charge in [-0.05, 0) is 60.4 Å². The zero-order chi connectivity index (χ0) is 20.8. The molecule has 0 aliphatic heterocycles. The number of aryl methyl sites for hydroxylation is 2. The Kier molecular flexibility index (Phi) is 6.25. The Morgan fingerprint density at radius 2 is 1.48 bits per heavy atom. The third kappa shape index (κ3) is 5.66. The molecule has 0 radical (unpaired) electrons. The molecule has 0 saturated heterocycles. The molecule has 0 aliphatic rings. The zero-order valence-electron chi connectivity index (χ0n) is 16.5. The molecule has 146 valence electrons. The van der Waals surface area contributed by atoms with Crippen LogP contribution in [0.15, 0.2) is 72.8 Å². The highest BCUT2D eigenvalue weighted by atomic mass is 16.4. The molecule has 4 heteroatoms. The van der Waals surface area contributed by atoms with E-state index < -0.39 is 5.97 Å². The number of carboxylic acids is 1. The van der Waals surface area contributed by atoms with Crippen LogP contribution in [-0.2, 0) is 11.3 Å². The molecular formula is C25H23NO3. The van der Waals surface area contributed by atoms with Gasteiger partial charge in [0.15, 0.2) is 0 Å². The summed E-state index contributed by atoms with van der Waals surface area (Å²) in [5, 5.41) is 11.9. The van der Waals surface area contributed by atoms with Gasteiger partial charge in [0.05, 0.1) is 0 Å². The monoisotopic (exact) mass is 385 g/mol. The lowest BCUT2D eigenvalue weighted by molar-refractivity contribution is -0.131. The molecule has 0 aliphatic carbocycles. The van der Waals surface area contributed by atoms with E-state index in [-0.39, 0.29) is 5.91 Å². The van der Waals surface area contributed by atoms with Gasteiger partial charge >= 0.3 is 5.97 Å². The van der Waals surface area contributed by atoms with Crippen LogP contribution in [0.1, 0.15) is 32.6 Å². The quantitative estimate of drug-likeness (QED) is 0.587. The van der Waals surface area contributed by atoms with E-state index in [9.17, 15) is 9.59 Å². The van der Waals surface area contributed by atoms with Crippen molar-refractivity contribution in [3.05, 3.63) is 101 Å². The van der Waals surface area contributed by atoms with Gasteiger partial charge < -0.3 is 10.4 Å². The summed E-state index contributed by atoms with van der Waals surface area (Å²) in [6, 6.07) is 21.4. The first-order valence-corrected chi connectivity index (χ1v) is 9.37. The molecule has 4 nitrogen and oxygen atoms in total. The average Bonchev–Trinajstić information content (AvgIpc) is 2.72. The number of hydrogen-bond donors (Lipinski definition) is 2. The van der Waals surface area contributed by atoms with Crippen molar-refractivity contribution in [2.75, 3.05) is 0 Å². The second-order valence-electron chi connectivity index (χ2n) is 7.05. The van der Waals surface area contributed by atoms with Crippen LogP contribution in [0.2, 0.25) is 0 Å². The van der Waals surface area contributed by atoms with Crippen molar-refractivity contribution in [2.24, 2.45) is 0 Å². The van der Waals surface area contributed by atoms with Gasteiger partial charge in [-0.1, -0.05) is 59.7 Å². The molecule has 0 unspecified atom stereocenters. The number of aliphatic carboxylic acids is 1. The van der Waals surface area contributed by atoms with Crippen LogP contribution in [0.25, 0.3) is 17.2 Å². The molecule has 0 bridgehead atoms. The van der Waals surface area contributed by atoms with Crippen molar-refractivity contribution in [1.29, 1.82) is 0 Å². The molecule has 3 aromatic rings. The fourth-order valence-corrected chi connectivity index (χ4v) is 2.95. The summed E-state index contributed by atoms with van der Waals surface area (Å²) in [5.74, 6) is -1.24. The van der Waals surface area contributed by atoms with Crippen LogP contribution in [0.5, 0.6) is 0 Å². The summed E-state index contributed by atoms with van der Waals surface area (Å²) in [7, 11) is 0. The first-order chi connectivity index (χ1) is 13.9. The molecule has 3 rings (SSSR count). The van der Waals surface area contributed by atoms with E-state index in [2.05, 4.69) is 5.32 Å². The van der Waals surface area contributed by atoms with Crippen molar-refractivity contribution in [3.8, 4) is 11.1 Å². The summed E-state index contributed by atoms with van der Waals surface area (Å²) >= 11 is 0. The maximum atomic E-state index is 12.8. The number of carbonyl (C=O) groups excluding carboxylic acids is 1. The maximum absolute atomic E-state index is 12.8. The fourth-order valence-electron chi connectivity index (χ4n) is 2.95. The number of hydrogen-bond acceptors (Lipinski definition) is 2. The van der Waals surface area contributed by atoms with E-state index in [1.165, 1.54) is 11.6 Å². The molecule has 0 saturated carbocycles. The van der Waals surface area contributed by atoms with Gasteiger partial charge in [0.25, 0.3) is 5.91 Å². The minimum atomic E-state index is -1.03. The van der Waals surface area contributed by atoms with Crippen LogP contribution in [0.3, 0.4) is 0 Å². The number of nitrogens with one attached hydrogen (secondary N) is 1. The van der Waals surface area contributed by atoms with Gasteiger partial charge in [-0.25, -0.2) is 4.79 Å². The minimum Gasteiger partial charge on any atom is -0.478 e. The van der Waals surface area contributed by atoms with E-state index >= 15 is 0 Å². The largest absolute Gasteiger partial charge is 0.478 e. The third-order valence-electron chi connectivity index (χ3n) is 4.59. The van der Waals surface area contributed by atoms with Crippen LogP contribution < -0.4 is 5.32 Å². The fraction of sp³-hybridized carbons (Fsp3) is 0.120. The molecule has 0 aromatic heterocycles. The first-order valence-electron chi connectivity index (χ1n) is 9.37. The number of carbonyl (C=O) groups is 2. The van der Waals surface area contributed by atoms with E-state index in [1.807, 2.05) is 74.5 Å². The van der Waals surface area contributed by atoms with Gasteiger partial charge in [-0.3, -0.25) is 4.79 Å². The highest BCUT2D eigenvalue weighted by molar-refractivity contribution is 5.96. The van der Waals surface area contributed by atoms with Gasteiger partial charge in [-0.2, -0.15) is 0 Å². The number of benzene rings is 3. The molecule has 0 atom stereocenters. The van der Waals surface area contributed by atoms with Crippen molar-refractivity contribution in [2.45, 2.75) is 20.4 Å². The second-order valence-corrected chi connectivity index (χ2v) is 7.05. The molecule has 0 spiro atoms. The summed E-state index contributed by atoms with van der Waals surface area (Å²) in [6.07, 6.45) is 2.57. The first kappa shape index (κ1) is 20.1. The number of amides is 1. The third-order valence-corrected chi connectivity index (χ3v) is 4.59. The Balaban J connectivity index is 1.88. The lowest BCUT2D eigenvalue weighted by atomic mass is 9.98. The standard InChI is InChI=1S/C25H23NO3/c1-17-3-7-19(8-4-17)16-26-25(29)23-14-20(9-12-24(27)28)13-22(15-23)21-10-5-18(2)6-11-21/h3-15H,16H2,1-2H3,(H,26,29)(H,27,28)/b12-9+. The molecule has 3 aromatic carbocycles. The summed E-state index contributed by atoms with van der Waals surface area (Å²) < 4.78 is 0. The number of rotatable bonds is 6. The molecule has 29 heavy (non-hydrogen) atoms. The highest BCUT2D eigenvalue weighted by Crippen LogP contribution is 2.24. The molecule has 0 fully saturated rings. The predicted octanol–water partition coefficient (Wildman–Crippen LogP) is 5.00. The predicted molar refractivity (Wildman–Crippen MR) is 116 cm³/mol. The summed E-state index contributed by atoms with van der Waals surface area (Å²) in [4.78, 5) is 23.7. The lowest BCUT2D eigenvalue weighted by Gasteiger charge is -2.10. The summed E-state index contributed by atoms with van der Waals surface area (Å²) in [6.45, 7) is 4.46. The van der Waals surface area contributed by atoms with Crippen molar-refractivity contribution in [3.63, 3.8) is 0 Å². The normalized spacial score (nSPS) is 10.8. The lowest BCUT2D eigenvalue weighted by Crippen LogP contribution is -2.22. The Morgan fingerprint density at radius 3 is 2.10 bits per heavy atom. The van der Waals surface area contributed by atoms with Crippen molar-refractivity contribution in [1.82, 2.24) is 5.32 Å². The van der Waals surface area contributed by atoms with Gasteiger partial charge in [0, 0.05) is 18.2 Å². The Hall–Kier alpha value is -3.66. The smallest absolute Gasteiger partial charge is 0.328 e. The SMILES string of the molecule is Cc1ccc(CNC(=O)c2cc(/C=C/C(=O)O)cc(-c3ccc(C)cc3)c2)cc1.